The van der Waals surface area contributed by atoms with Crippen molar-refractivity contribution in [3.8, 4) is 5.75 Å². The van der Waals surface area contributed by atoms with E-state index in [-0.39, 0.29) is 11.6 Å². The van der Waals surface area contributed by atoms with Gasteiger partial charge in [0.1, 0.15) is 11.8 Å². The Balaban J connectivity index is 1.62. The Kier molecular flexibility index (Phi) is 5.72. The minimum absolute atomic E-state index is 0.0884. The van der Waals surface area contributed by atoms with Gasteiger partial charge in [-0.25, -0.2) is 4.68 Å². The number of benzene rings is 1. The number of likely N-dealkylation sites (tertiary alicyclic amines) is 1. The van der Waals surface area contributed by atoms with Crippen LogP contribution in [0.2, 0.25) is 0 Å². The first-order chi connectivity index (χ1) is 15.2. The van der Waals surface area contributed by atoms with E-state index < -0.39 is 0 Å². The lowest BCUT2D eigenvalue weighted by Gasteiger charge is -2.34. The van der Waals surface area contributed by atoms with Gasteiger partial charge in [-0.05, 0) is 72.8 Å². The normalized spacial score (nSPS) is 19.5. The highest BCUT2D eigenvalue weighted by Gasteiger charge is 2.33. The second-order valence-electron chi connectivity index (χ2n) is 8.78. The summed E-state index contributed by atoms with van der Waals surface area (Å²) >= 11 is 0. The zero-order valence-corrected chi connectivity index (χ0v) is 18.1. The summed E-state index contributed by atoms with van der Waals surface area (Å²) in [5, 5.41) is 13.9. The number of hydrogen-bond acceptors (Lipinski definition) is 6. The van der Waals surface area contributed by atoms with E-state index in [2.05, 4.69) is 25.4 Å². The Morgan fingerprint density at radius 1 is 1.06 bits per heavy atom. The fraction of sp³-hybridized carbons (Fsp3) is 0.565. The van der Waals surface area contributed by atoms with E-state index in [1.165, 1.54) is 25.7 Å². The van der Waals surface area contributed by atoms with Gasteiger partial charge < -0.3 is 9.72 Å². The summed E-state index contributed by atoms with van der Waals surface area (Å²) in [5.41, 5.74) is 1.40. The highest BCUT2D eigenvalue weighted by Crippen LogP contribution is 2.34. The van der Waals surface area contributed by atoms with Crippen LogP contribution in [0.25, 0.3) is 10.9 Å². The smallest absolute Gasteiger partial charge is 0.253 e. The van der Waals surface area contributed by atoms with Crippen molar-refractivity contribution in [2.24, 2.45) is 0 Å². The summed E-state index contributed by atoms with van der Waals surface area (Å²) in [5.74, 6) is 1.52. The van der Waals surface area contributed by atoms with Gasteiger partial charge in [0, 0.05) is 11.6 Å². The van der Waals surface area contributed by atoms with E-state index in [0.717, 1.165) is 61.2 Å². The van der Waals surface area contributed by atoms with E-state index in [1.807, 2.05) is 28.9 Å². The molecule has 2 aliphatic rings. The molecule has 2 fully saturated rings. The van der Waals surface area contributed by atoms with Gasteiger partial charge in [0.15, 0.2) is 5.82 Å². The van der Waals surface area contributed by atoms with Gasteiger partial charge in [0.05, 0.1) is 18.7 Å². The first kappa shape index (κ1) is 20.2. The van der Waals surface area contributed by atoms with Crippen LogP contribution in [0.1, 0.15) is 74.8 Å². The zero-order valence-electron chi connectivity index (χ0n) is 18.1. The van der Waals surface area contributed by atoms with Crippen LogP contribution in [0.5, 0.6) is 5.75 Å². The molecule has 0 bridgehead atoms. The Morgan fingerprint density at radius 2 is 1.84 bits per heavy atom. The minimum atomic E-state index is -0.243. The molecule has 31 heavy (non-hydrogen) atoms. The maximum Gasteiger partial charge on any atom is 0.253 e. The molecule has 1 aromatic carbocycles. The fourth-order valence-electron chi connectivity index (χ4n) is 5.17. The van der Waals surface area contributed by atoms with Gasteiger partial charge in [-0.3, -0.25) is 9.69 Å². The van der Waals surface area contributed by atoms with Crippen LogP contribution < -0.4 is 10.3 Å². The lowest BCUT2D eigenvalue weighted by atomic mass is 9.94. The van der Waals surface area contributed by atoms with E-state index in [4.69, 9.17) is 4.74 Å². The fourth-order valence-corrected chi connectivity index (χ4v) is 5.17. The van der Waals surface area contributed by atoms with E-state index >= 15 is 0 Å². The van der Waals surface area contributed by atoms with Gasteiger partial charge in [0.25, 0.3) is 5.56 Å². The summed E-state index contributed by atoms with van der Waals surface area (Å²) < 4.78 is 7.33. The molecule has 1 N–H and O–H groups in total. The molecule has 1 aliphatic carbocycles. The molecule has 0 amide bonds. The zero-order chi connectivity index (χ0) is 21.2. The molecule has 0 spiro atoms. The number of rotatable bonds is 5. The molecule has 1 aliphatic heterocycles. The lowest BCUT2D eigenvalue weighted by Crippen LogP contribution is -2.39. The molecule has 8 nitrogen and oxygen atoms in total. The summed E-state index contributed by atoms with van der Waals surface area (Å²) in [6.07, 6.45) is 9.36. The molecule has 1 saturated carbocycles. The summed E-state index contributed by atoms with van der Waals surface area (Å²) in [4.78, 5) is 18.8. The van der Waals surface area contributed by atoms with Crippen molar-refractivity contribution in [1.29, 1.82) is 0 Å². The van der Waals surface area contributed by atoms with Crippen LogP contribution in [0, 0.1) is 0 Å². The molecule has 1 atom stereocenters. The van der Waals surface area contributed by atoms with Gasteiger partial charge in [-0.1, -0.05) is 25.7 Å². The molecule has 0 unspecified atom stereocenters. The Labute approximate surface area is 181 Å². The van der Waals surface area contributed by atoms with Crippen molar-refractivity contribution in [1.82, 2.24) is 30.1 Å². The average molecular weight is 423 g/mol. The number of aromatic nitrogens is 5. The number of aromatic amines is 1. The number of fused-ring (bicyclic) bond motifs is 1. The SMILES string of the molecule is COc1ccc2cc([C@H](c3nnnn3C3CCCCC3)N3CCCCC3)c(=O)[nH]c2c1. The molecule has 2 aromatic heterocycles. The molecule has 3 heterocycles. The molecule has 5 rings (SSSR count). The van der Waals surface area contributed by atoms with Crippen LogP contribution in [0.15, 0.2) is 29.1 Å². The number of H-pyrrole nitrogens is 1. The van der Waals surface area contributed by atoms with Gasteiger partial charge in [-0.2, -0.15) is 0 Å². The number of tetrazole rings is 1. The Bertz CT molecular complexity index is 1090. The molecule has 0 radical (unpaired) electrons. The Hall–Kier alpha value is -2.74. The number of hydrogen-bond donors (Lipinski definition) is 1. The number of piperidine rings is 1. The summed E-state index contributed by atoms with van der Waals surface area (Å²) in [6.45, 7) is 1.89. The maximum absolute atomic E-state index is 13.3. The van der Waals surface area contributed by atoms with Gasteiger partial charge in [-0.15, -0.1) is 5.10 Å². The van der Waals surface area contributed by atoms with Crippen molar-refractivity contribution < 1.29 is 4.74 Å². The van der Waals surface area contributed by atoms with E-state index in [9.17, 15) is 4.79 Å². The standard InChI is InChI=1S/C23H30N6O2/c1-31-18-11-10-16-14-19(23(30)24-20(16)15-18)21(28-12-6-3-7-13-28)22-25-26-27-29(22)17-8-4-2-5-9-17/h10-11,14-15,17,21H,2-9,12-13H2,1H3,(H,24,30)/t21-/m1/s1. The summed E-state index contributed by atoms with van der Waals surface area (Å²) in [6, 6.07) is 7.86. The number of nitrogens with one attached hydrogen (secondary N) is 1. The monoisotopic (exact) mass is 422 g/mol. The van der Waals surface area contributed by atoms with Crippen LogP contribution >= 0.6 is 0 Å². The van der Waals surface area contributed by atoms with Gasteiger partial charge in [0.2, 0.25) is 0 Å². The molecule has 164 valence electrons. The van der Waals surface area contributed by atoms with Crippen molar-refractivity contribution >= 4 is 10.9 Å². The topological polar surface area (TPSA) is 88.9 Å². The third-order valence-electron chi connectivity index (χ3n) is 6.82. The van der Waals surface area contributed by atoms with Crippen LogP contribution in [-0.2, 0) is 0 Å². The lowest BCUT2D eigenvalue weighted by molar-refractivity contribution is 0.171. The Morgan fingerprint density at radius 3 is 2.61 bits per heavy atom. The third-order valence-corrected chi connectivity index (χ3v) is 6.82. The number of ether oxygens (including phenoxy) is 1. The average Bonchev–Trinajstić information content (AvgIpc) is 3.30. The number of methoxy groups -OCH3 is 1. The molecule has 8 heteroatoms. The molecular formula is C23H30N6O2. The highest BCUT2D eigenvalue weighted by molar-refractivity contribution is 5.80. The van der Waals surface area contributed by atoms with Crippen molar-refractivity contribution in [2.45, 2.75) is 63.5 Å². The second-order valence-corrected chi connectivity index (χ2v) is 8.78. The second kappa shape index (κ2) is 8.78. The van der Waals surface area contributed by atoms with Gasteiger partial charge >= 0.3 is 0 Å². The van der Waals surface area contributed by atoms with Crippen LogP contribution in [0.4, 0.5) is 0 Å². The van der Waals surface area contributed by atoms with Crippen LogP contribution in [-0.4, -0.2) is 50.3 Å². The predicted molar refractivity (Wildman–Crippen MR) is 118 cm³/mol. The third kappa shape index (κ3) is 3.96. The van der Waals surface area contributed by atoms with E-state index in [0.29, 0.717) is 11.6 Å². The van der Waals surface area contributed by atoms with Crippen molar-refractivity contribution in [3.63, 3.8) is 0 Å². The minimum Gasteiger partial charge on any atom is -0.497 e. The number of pyridine rings is 1. The molecular weight excluding hydrogens is 392 g/mol. The van der Waals surface area contributed by atoms with Crippen molar-refractivity contribution in [3.05, 3.63) is 46.0 Å². The highest BCUT2D eigenvalue weighted by atomic mass is 16.5. The largest absolute Gasteiger partial charge is 0.497 e. The predicted octanol–water partition coefficient (Wildman–Crippen LogP) is 3.60. The molecule has 1 saturated heterocycles. The molecule has 3 aromatic rings. The maximum atomic E-state index is 13.3. The van der Waals surface area contributed by atoms with Crippen LogP contribution in [0.3, 0.4) is 0 Å². The summed E-state index contributed by atoms with van der Waals surface area (Å²) in [7, 11) is 1.63. The quantitative estimate of drug-likeness (QED) is 0.676. The first-order valence-corrected chi connectivity index (χ1v) is 11.5. The number of nitrogens with zero attached hydrogens (tertiary/aromatic N) is 5. The first-order valence-electron chi connectivity index (χ1n) is 11.5. The van der Waals surface area contributed by atoms with E-state index in [1.54, 1.807) is 7.11 Å². The van der Waals surface area contributed by atoms with Crippen molar-refractivity contribution in [2.75, 3.05) is 20.2 Å².